The molecule has 0 aliphatic heterocycles. The molecule has 0 spiro atoms. The van der Waals surface area contributed by atoms with Gasteiger partial charge in [-0.3, -0.25) is 0 Å². The van der Waals surface area contributed by atoms with Gasteiger partial charge in [-0.15, -0.1) is 0 Å². The first-order chi connectivity index (χ1) is 13.7. The van der Waals surface area contributed by atoms with Gasteiger partial charge in [0, 0.05) is 6.61 Å². The molecule has 0 aromatic carbocycles. The van der Waals surface area contributed by atoms with Gasteiger partial charge >= 0.3 is 65.2 Å². The molecule has 0 fully saturated rings. The number of carboxylic acids is 1. The van der Waals surface area contributed by atoms with Gasteiger partial charge in [0.1, 0.15) is 6.61 Å². The number of hydrogen-bond acceptors (Lipinski definition) is 4. The topological polar surface area (TPSA) is 134 Å². The van der Waals surface area contributed by atoms with Crippen molar-refractivity contribution >= 4 is 65.2 Å². The minimum absolute atomic E-state index is 0. The average molecular weight is 483 g/mol. The number of ether oxygens (including phenoxy) is 2. The van der Waals surface area contributed by atoms with Gasteiger partial charge in [-0.05, 0) is 19.8 Å². The molecule has 0 radical (unpaired) electrons. The van der Waals surface area contributed by atoms with Crippen molar-refractivity contribution in [2.45, 2.75) is 110 Å². The van der Waals surface area contributed by atoms with Crippen LogP contribution < -0.4 is 0 Å². The second-order valence-corrected chi connectivity index (χ2v) is 8.16. The van der Waals surface area contributed by atoms with Crippen LogP contribution in [-0.2, 0) is 18.8 Å². The number of carboxylic acid groups (broad SMARTS) is 1. The third-order valence-corrected chi connectivity index (χ3v) is 4.29. The van der Waals surface area contributed by atoms with E-state index in [2.05, 4.69) is 6.92 Å². The third kappa shape index (κ3) is 39.6. The average Bonchev–Trinajstić information content (AvgIpc) is 2.62. The summed E-state index contributed by atoms with van der Waals surface area (Å²) in [4.78, 5) is 32.1. The Morgan fingerprint density at radius 1 is 0.767 bits per heavy atom. The van der Waals surface area contributed by atoms with Crippen molar-refractivity contribution in [3.63, 3.8) is 0 Å². The van der Waals surface area contributed by atoms with Gasteiger partial charge in [-0.2, -0.15) is 0 Å². The summed E-state index contributed by atoms with van der Waals surface area (Å²) in [6.07, 6.45) is 17.7. The van der Waals surface area contributed by atoms with Crippen molar-refractivity contribution < 1.29 is 38.6 Å². The van der Waals surface area contributed by atoms with Gasteiger partial charge in [-0.1, -0.05) is 84.0 Å². The van der Waals surface area contributed by atoms with Crippen molar-refractivity contribution in [2.24, 2.45) is 0 Å². The molecule has 0 saturated carbocycles. The summed E-state index contributed by atoms with van der Waals surface area (Å²) in [5.41, 5.74) is 0. The number of rotatable bonds is 19. The van der Waals surface area contributed by atoms with E-state index in [0.717, 1.165) is 12.8 Å². The number of aliphatic carboxylic acids is 1. The first-order valence-corrected chi connectivity index (χ1v) is 12.5. The maximum atomic E-state index is 10.5. The summed E-state index contributed by atoms with van der Waals surface area (Å²) in [7, 11) is -4.64. The van der Waals surface area contributed by atoms with E-state index in [1.165, 1.54) is 77.0 Å². The van der Waals surface area contributed by atoms with Crippen molar-refractivity contribution in [2.75, 3.05) is 13.2 Å². The fourth-order valence-corrected chi connectivity index (χ4v) is 2.89. The Morgan fingerprint density at radius 3 is 1.47 bits per heavy atom. The molecule has 4 N–H and O–H groups in total. The van der Waals surface area contributed by atoms with Gasteiger partial charge < -0.3 is 29.3 Å². The predicted molar refractivity (Wildman–Crippen MR) is 121 cm³/mol. The van der Waals surface area contributed by atoms with E-state index >= 15 is 0 Å². The van der Waals surface area contributed by atoms with Crippen molar-refractivity contribution in [1.29, 1.82) is 0 Å². The number of hydrogen-bond donors (Lipinski definition) is 4. The fourth-order valence-electron chi connectivity index (χ4n) is 2.89. The zero-order valence-electron chi connectivity index (χ0n) is 18.3. The molecule has 0 bridgehead atoms. The molecule has 178 valence electrons. The Morgan fingerprint density at radius 2 is 1.13 bits per heavy atom. The maximum absolute atomic E-state index is 10.5. The second kappa shape index (κ2) is 26.4. The van der Waals surface area contributed by atoms with Crippen LogP contribution in [0, 0.1) is 0 Å². The Hall–Kier alpha value is 1.14. The molecule has 8 nitrogen and oxygen atoms in total. The molecule has 0 amide bonds. The first kappa shape index (κ1) is 35.7. The van der Waals surface area contributed by atoms with Gasteiger partial charge in [0.25, 0.3) is 0 Å². The molecule has 0 saturated heterocycles. The quantitative estimate of drug-likeness (QED) is 0.0924. The van der Waals surface area contributed by atoms with E-state index in [-0.39, 0.29) is 64.3 Å². The van der Waals surface area contributed by atoms with E-state index in [1.807, 2.05) is 6.92 Å². The fraction of sp³-hybridized carbons (Fsp3) is 0.950. The summed E-state index contributed by atoms with van der Waals surface area (Å²) in [5, 5.41) is 8.63. The van der Waals surface area contributed by atoms with Crippen LogP contribution >= 0.6 is 7.82 Å². The Balaban J connectivity index is -0.00000108. The van der Waals surface area contributed by atoms with Crippen LogP contribution in [0.5, 0.6) is 0 Å². The van der Waals surface area contributed by atoms with Crippen LogP contribution in [0.1, 0.15) is 104 Å². The SMILES string of the molecule is CCCCCCCCCCCCCCCC(OCC)OCC(=O)O.O=P(O)(O)O.[KH]. The van der Waals surface area contributed by atoms with Crippen LogP contribution in [0.25, 0.3) is 0 Å². The van der Waals surface area contributed by atoms with Crippen LogP contribution in [-0.4, -0.2) is 96.6 Å². The van der Waals surface area contributed by atoms with Crippen molar-refractivity contribution in [3.8, 4) is 0 Å². The molecule has 1 atom stereocenters. The zero-order valence-corrected chi connectivity index (χ0v) is 19.2. The number of unbranched alkanes of at least 4 members (excludes halogenated alkanes) is 12. The summed E-state index contributed by atoms with van der Waals surface area (Å²) in [5.74, 6) is -0.940. The van der Waals surface area contributed by atoms with E-state index < -0.39 is 13.8 Å². The molecular formula is C20H44KO8P. The Bertz CT molecular complexity index is 398. The molecule has 0 aromatic heterocycles. The molecule has 0 heterocycles. The van der Waals surface area contributed by atoms with Gasteiger partial charge in [0.05, 0.1) is 0 Å². The van der Waals surface area contributed by atoms with E-state index in [1.54, 1.807) is 0 Å². The number of phosphoric acid groups is 1. The molecule has 1 unspecified atom stereocenters. The molecule has 0 aliphatic carbocycles. The van der Waals surface area contributed by atoms with Gasteiger partial charge in [-0.25, -0.2) is 9.36 Å². The summed E-state index contributed by atoms with van der Waals surface area (Å²) in [6.45, 7) is 4.45. The summed E-state index contributed by atoms with van der Waals surface area (Å²) < 4.78 is 19.5. The Kier molecular flexibility index (Phi) is 31.4. The van der Waals surface area contributed by atoms with E-state index in [9.17, 15) is 4.79 Å². The van der Waals surface area contributed by atoms with E-state index in [0.29, 0.717) is 6.61 Å². The molecule has 30 heavy (non-hydrogen) atoms. The monoisotopic (exact) mass is 482 g/mol. The van der Waals surface area contributed by atoms with Gasteiger partial charge in [0.15, 0.2) is 6.29 Å². The predicted octanol–water partition coefficient (Wildman–Crippen LogP) is 4.35. The number of carbonyl (C=O) groups is 1. The van der Waals surface area contributed by atoms with Gasteiger partial charge in [0.2, 0.25) is 0 Å². The van der Waals surface area contributed by atoms with Crippen LogP contribution in [0.3, 0.4) is 0 Å². The van der Waals surface area contributed by atoms with Crippen LogP contribution in [0.15, 0.2) is 0 Å². The van der Waals surface area contributed by atoms with Crippen LogP contribution in [0.2, 0.25) is 0 Å². The summed E-state index contributed by atoms with van der Waals surface area (Å²) in [6, 6.07) is 0. The minimum atomic E-state index is -4.64. The van der Waals surface area contributed by atoms with Crippen molar-refractivity contribution in [3.05, 3.63) is 0 Å². The summed E-state index contributed by atoms with van der Waals surface area (Å²) >= 11 is 0. The molecule has 0 rings (SSSR count). The van der Waals surface area contributed by atoms with E-state index in [4.69, 9.17) is 33.8 Å². The Labute approximate surface area is 225 Å². The standard InChI is InChI=1S/C20H40O4.K.H3O4P.H/c1-3-5-6-7-8-9-10-11-12-13-14-15-16-17-20(23-4-2)24-18-19(21)22;;1-5(2,3)4;/h20H,3-18H2,1-2H3,(H,21,22);;(H3,1,2,3,4);. The normalized spacial score (nSPS) is 11.9. The second-order valence-electron chi connectivity index (χ2n) is 7.13. The van der Waals surface area contributed by atoms with Crippen LogP contribution in [0.4, 0.5) is 0 Å². The molecule has 0 aromatic rings. The molecule has 0 aliphatic rings. The van der Waals surface area contributed by atoms with Crippen molar-refractivity contribution in [1.82, 2.24) is 0 Å². The first-order valence-electron chi connectivity index (χ1n) is 10.9. The third-order valence-electron chi connectivity index (χ3n) is 4.29. The molecular weight excluding hydrogens is 438 g/mol. The molecule has 10 heteroatoms. The zero-order chi connectivity index (χ0) is 22.4.